The van der Waals surface area contributed by atoms with Crippen molar-refractivity contribution in [2.45, 2.75) is 26.2 Å². The van der Waals surface area contributed by atoms with Crippen LogP contribution < -0.4 is 5.30 Å². The summed E-state index contributed by atoms with van der Waals surface area (Å²) in [4.78, 5) is 4.93. The summed E-state index contributed by atoms with van der Waals surface area (Å²) in [7, 11) is 0. The molecule has 0 amide bonds. The van der Waals surface area contributed by atoms with Gasteiger partial charge in [-0.2, -0.15) is 10.1 Å². The Kier molecular flexibility index (Phi) is 4.86. The Labute approximate surface area is 176 Å². The first kappa shape index (κ1) is 18.7. The quantitative estimate of drug-likeness (QED) is 0.574. The van der Waals surface area contributed by atoms with Crippen molar-refractivity contribution >= 4 is 35.2 Å². The van der Waals surface area contributed by atoms with Gasteiger partial charge in [-0.15, -0.1) is 0 Å². The van der Waals surface area contributed by atoms with Crippen LogP contribution in [-0.2, 0) is 16.3 Å². The summed E-state index contributed by atoms with van der Waals surface area (Å²) >= 11 is 6.34. The van der Waals surface area contributed by atoms with Gasteiger partial charge in [-0.1, -0.05) is 42.8 Å². The van der Waals surface area contributed by atoms with Gasteiger partial charge in [0.15, 0.2) is 5.82 Å². The number of aliphatic imine (C=N–C) groups is 1. The number of benzene rings is 2. The number of hydrogen-bond donors (Lipinski definition) is 0. The third-order valence-corrected chi connectivity index (χ3v) is 9.55. The Morgan fingerprint density at radius 3 is 2.28 bits per heavy atom. The second-order valence-electron chi connectivity index (χ2n) is 7.41. The van der Waals surface area contributed by atoms with Crippen molar-refractivity contribution in [2.75, 3.05) is 13.1 Å². The van der Waals surface area contributed by atoms with Gasteiger partial charge in [-0.3, -0.25) is 0 Å². The molecule has 0 radical (unpaired) electrons. The summed E-state index contributed by atoms with van der Waals surface area (Å²) in [6, 6.07) is 20.2. The first-order valence-electron chi connectivity index (χ1n) is 10.0. The Hall–Kier alpha value is -2.27. The van der Waals surface area contributed by atoms with Crippen molar-refractivity contribution in [1.82, 2.24) is 14.5 Å². The monoisotopic (exact) mass is 422 g/mol. The normalized spacial score (nSPS) is 21.9. The second-order valence-corrected chi connectivity index (χ2v) is 11.1. The fourth-order valence-electron chi connectivity index (χ4n) is 4.00. The van der Waals surface area contributed by atoms with E-state index in [0.717, 1.165) is 54.0 Å². The van der Waals surface area contributed by atoms with Crippen LogP contribution in [0.3, 0.4) is 0 Å². The average molecular weight is 422 g/mol. The van der Waals surface area contributed by atoms with Crippen LogP contribution in [0, 0.1) is 6.92 Å². The molecule has 7 heteroatoms. The van der Waals surface area contributed by atoms with Crippen LogP contribution in [-0.4, -0.2) is 33.4 Å². The molecule has 5 rings (SSSR count). The molecule has 1 saturated heterocycles. The summed E-state index contributed by atoms with van der Waals surface area (Å²) in [6.45, 7) is 3.96. The van der Waals surface area contributed by atoms with Gasteiger partial charge in [-0.25, -0.2) is 9.35 Å². The molecular formula is C22H23N4OPS. The zero-order chi connectivity index (χ0) is 19.8. The highest BCUT2D eigenvalue weighted by Crippen LogP contribution is 2.57. The minimum atomic E-state index is -2.49. The average Bonchev–Trinajstić information content (AvgIpc) is 3.13. The van der Waals surface area contributed by atoms with E-state index in [2.05, 4.69) is 4.67 Å². The molecular weight excluding hydrogens is 399 g/mol. The maximum atomic E-state index is 6.60. The summed E-state index contributed by atoms with van der Waals surface area (Å²) in [5, 5.41) is 5.84. The molecule has 1 atom stereocenters. The number of hydrogen-bond acceptors (Lipinski definition) is 4. The maximum absolute atomic E-state index is 6.60. The third kappa shape index (κ3) is 3.25. The molecule has 29 heavy (non-hydrogen) atoms. The minimum absolute atomic E-state index is 0.601. The lowest BCUT2D eigenvalue weighted by Gasteiger charge is -2.38. The van der Waals surface area contributed by atoms with Crippen LogP contribution in [0.5, 0.6) is 0 Å². The first-order valence-corrected chi connectivity index (χ1v) is 12.7. The lowest BCUT2D eigenvalue weighted by molar-refractivity contribution is 0.345. The van der Waals surface area contributed by atoms with E-state index in [0.29, 0.717) is 5.90 Å². The van der Waals surface area contributed by atoms with Crippen molar-refractivity contribution in [3.8, 4) is 5.69 Å². The van der Waals surface area contributed by atoms with E-state index >= 15 is 0 Å². The third-order valence-electron chi connectivity index (χ3n) is 5.43. The molecule has 3 heterocycles. The molecule has 2 aliphatic heterocycles. The van der Waals surface area contributed by atoms with Gasteiger partial charge in [0.05, 0.1) is 11.4 Å². The van der Waals surface area contributed by atoms with E-state index in [1.54, 1.807) is 0 Å². The van der Waals surface area contributed by atoms with Gasteiger partial charge in [0.2, 0.25) is 12.3 Å². The highest BCUT2D eigenvalue weighted by atomic mass is 32.4. The lowest BCUT2D eigenvalue weighted by Crippen LogP contribution is -2.35. The summed E-state index contributed by atoms with van der Waals surface area (Å²) in [5.41, 5.74) is 2.84. The van der Waals surface area contributed by atoms with E-state index in [9.17, 15) is 0 Å². The van der Waals surface area contributed by atoms with Gasteiger partial charge in [0.25, 0.3) is 0 Å². The summed E-state index contributed by atoms with van der Waals surface area (Å²) in [5.74, 6) is 1.41. The number of nitrogens with zero attached hydrogens (tertiary/aromatic N) is 4. The van der Waals surface area contributed by atoms with E-state index < -0.39 is 6.42 Å². The molecule has 0 aliphatic carbocycles. The lowest BCUT2D eigenvalue weighted by atomic mass is 10.2. The molecule has 148 valence electrons. The molecule has 2 aromatic carbocycles. The van der Waals surface area contributed by atoms with Crippen LogP contribution in [0.25, 0.3) is 5.69 Å². The van der Waals surface area contributed by atoms with Crippen molar-refractivity contribution < 1.29 is 4.52 Å². The molecule has 0 saturated carbocycles. The Bertz CT molecular complexity index is 1100. The second kappa shape index (κ2) is 7.52. The van der Waals surface area contributed by atoms with Gasteiger partial charge >= 0.3 is 0 Å². The molecule has 0 unspecified atom stereocenters. The zero-order valence-electron chi connectivity index (χ0n) is 16.4. The molecule has 5 nitrogen and oxygen atoms in total. The standard InChI is InChI=1S/C22H23N4OPS/c1-17-20-21(26(24-17)19-13-7-3-8-14-19)23-22(18-11-5-2-6-12-18)27-28(20,29)25-15-9-4-10-16-25/h2-3,5-8,11-14H,4,9-10,15-16H2,1H3/t28-/m0/s1. The summed E-state index contributed by atoms with van der Waals surface area (Å²) < 4.78 is 10.9. The number of fused-ring (bicyclic) bond motifs is 1. The van der Waals surface area contributed by atoms with Crippen molar-refractivity contribution in [1.29, 1.82) is 0 Å². The van der Waals surface area contributed by atoms with Crippen LogP contribution >= 0.6 is 6.42 Å². The minimum Gasteiger partial charge on any atom is -0.431 e. The fourth-order valence-corrected chi connectivity index (χ4v) is 7.88. The topological polar surface area (TPSA) is 42.7 Å². The number of piperidine rings is 1. The van der Waals surface area contributed by atoms with Crippen LogP contribution in [0.2, 0.25) is 0 Å². The number of aryl methyl sites for hydroxylation is 1. The van der Waals surface area contributed by atoms with Crippen LogP contribution in [0.1, 0.15) is 30.5 Å². The SMILES string of the molecule is Cc1nn(-c2ccccc2)c2c1[P@](=S)(N1CCCCC1)OC(c1ccccc1)=N2. The molecule has 2 aliphatic rings. The Morgan fingerprint density at radius 2 is 1.59 bits per heavy atom. The van der Waals surface area contributed by atoms with Crippen molar-refractivity contribution in [2.24, 2.45) is 4.99 Å². The molecule has 0 bridgehead atoms. The zero-order valence-corrected chi connectivity index (χ0v) is 18.1. The highest BCUT2D eigenvalue weighted by Gasteiger charge is 2.41. The number of aromatic nitrogens is 2. The predicted molar refractivity (Wildman–Crippen MR) is 121 cm³/mol. The van der Waals surface area contributed by atoms with Crippen LogP contribution in [0.15, 0.2) is 65.7 Å². The van der Waals surface area contributed by atoms with E-state index in [-0.39, 0.29) is 0 Å². The maximum Gasteiger partial charge on any atom is 0.227 e. The molecule has 0 spiro atoms. The highest BCUT2D eigenvalue weighted by molar-refractivity contribution is 8.15. The van der Waals surface area contributed by atoms with Gasteiger partial charge in [0.1, 0.15) is 5.30 Å². The molecule has 0 N–H and O–H groups in total. The number of para-hydroxylation sites is 1. The molecule has 1 fully saturated rings. The largest absolute Gasteiger partial charge is 0.431 e. The van der Waals surface area contributed by atoms with Crippen molar-refractivity contribution in [3.05, 3.63) is 71.9 Å². The molecule has 3 aromatic rings. The Morgan fingerprint density at radius 1 is 0.931 bits per heavy atom. The van der Waals surface area contributed by atoms with Gasteiger partial charge in [0, 0.05) is 18.7 Å². The molecule has 1 aromatic heterocycles. The van der Waals surface area contributed by atoms with E-state index in [1.807, 2.05) is 72.3 Å². The first-order chi connectivity index (χ1) is 14.2. The fraction of sp³-hybridized carbons (Fsp3) is 0.273. The predicted octanol–water partition coefficient (Wildman–Crippen LogP) is 4.71. The van der Waals surface area contributed by atoms with E-state index in [4.69, 9.17) is 26.4 Å². The van der Waals surface area contributed by atoms with Crippen molar-refractivity contribution in [3.63, 3.8) is 0 Å². The van der Waals surface area contributed by atoms with Gasteiger partial charge < -0.3 is 4.52 Å². The smallest absolute Gasteiger partial charge is 0.227 e. The van der Waals surface area contributed by atoms with E-state index in [1.165, 1.54) is 6.42 Å². The van der Waals surface area contributed by atoms with Gasteiger partial charge in [-0.05, 0) is 55.8 Å². The number of rotatable bonds is 3. The summed E-state index contributed by atoms with van der Waals surface area (Å²) in [6.07, 6.45) is 1.07. The van der Waals surface area contributed by atoms with Crippen LogP contribution in [0.4, 0.5) is 5.82 Å². The Balaban J connectivity index is 1.73.